The summed E-state index contributed by atoms with van der Waals surface area (Å²) in [4.78, 5) is 13.9. The molecule has 2 aliphatic rings. The zero-order valence-corrected chi connectivity index (χ0v) is 13.2. The van der Waals surface area contributed by atoms with Crippen molar-refractivity contribution in [1.82, 2.24) is 4.90 Å². The number of rotatable bonds is 3. The van der Waals surface area contributed by atoms with E-state index in [2.05, 4.69) is 11.9 Å². The summed E-state index contributed by atoms with van der Waals surface area (Å²) in [6, 6.07) is 4.94. The van der Waals surface area contributed by atoms with E-state index < -0.39 is 11.5 Å². The molecule has 0 spiro atoms. The molecule has 1 saturated heterocycles. The highest BCUT2D eigenvalue weighted by Gasteiger charge is 2.52. The molecule has 3 rings (SSSR count). The van der Waals surface area contributed by atoms with Gasteiger partial charge in [-0.2, -0.15) is 0 Å². The number of fused-ring (bicyclic) bond motifs is 2. The number of primary amides is 1. The lowest BCUT2D eigenvalue weighted by Gasteiger charge is -2.54. The summed E-state index contributed by atoms with van der Waals surface area (Å²) in [5, 5.41) is 10.0. The van der Waals surface area contributed by atoms with E-state index in [0.29, 0.717) is 17.4 Å². The zero-order chi connectivity index (χ0) is 15.9. The molecule has 1 amide bonds. The van der Waals surface area contributed by atoms with Crippen LogP contribution in [-0.2, 0) is 10.3 Å². The summed E-state index contributed by atoms with van der Waals surface area (Å²) in [6.45, 7) is 1.93. The topological polar surface area (TPSA) is 75.8 Å². The molecule has 3 N–H and O–H groups in total. The van der Waals surface area contributed by atoms with Gasteiger partial charge in [-0.15, -0.1) is 0 Å². The first-order valence-corrected chi connectivity index (χ1v) is 7.85. The van der Waals surface area contributed by atoms with E-state index >= 15 is 0 Å². The minimum atomic E-state index is -0.526. The van der Waals surface area contributed by atoms with Crippen LogP contribution < -0.4 is 5.73 Å². The molecule has 1 aromatic carbocycles. The Bertz CT molecular complexity index is 573. The largest absolute Gasteiger partial charge is 0.508 e. The molecule has 2 fully saturated rings. The average Bonchev–Trinajstić information content (AvgIpc) is 2.45. The van der Waals surface area contributed by atoms with Gasteiger partial charge in [-0.3, -0.25) is 4.79 Å². The summed E-state index contributed by atoms with van der Waals surface area (Å²) < 4.78 is 6.08. The number of hydrogen-bond acceptors (Lipinski definition) is 4. The number of carbonyl (C=O) groups is 1. The maximum Gasteiger partial charge on any atom is 0.248 e. The molecule has 2 bridgehead atoms. The molecule has 2 unspecified atom stereocenters. The number of carbonyl (C=O) groups excluding carboxylic acids is 1. The van der Waals surface area contributed by atoms with Gasteiger partial charge >= 0.3 is 0 Å². The van der Waals surface area contributed by atoms with Gasteiger partial charge in [-0.05, 0) is 43.7 Å². The number of nitrogens with two attached hydrogens (primary N) is 1. The van der Waals surface area contributed by atoms with Gasteiger partial charge in [0.1, 0.15) is 11.4 Å². The first kappa shape index (κ1) is 15.3. The number of phenols is 1. The second-order valence-electron chi connectivity index (χ2n) is 6.68. The number of ether oxygens (including phenoxy) is 1. The fourth-order valence-electron chi connectivity index (χ4n) is 4.56. The molecule has 1 aliphatic heterocycles. The van der Waals surface area contributed by atoms with E-state index in [1.54, 1.807) is 19.2 Å². The van der Waals surface area contributed by atoms with Gasteiger partial charge in [0.25, 0.3) is 0 Å². The van der Waals surface area contributed by atoms with Gasteiger partial charge in [0.05, 0.1) is 0 Å². The maximum absolute atomic E-state index is 11.5. The van der Waals surface area contributed by atoms with Crippen LogP contribution in [0, 0.1) is 11.8 Å². The first-order chi connectivity index (χ1) is 10.5. The van der Waals surface area contributed by atoms with Gasteiger partial charge in [-0.25, -0.2) is 0 Å². The quantitative estimate of drug-likeness (QED) is 0.891. The van der Waals surface area contributed by atoms with Gasteiger partial charge < -0.3 is 20.5 Å². The molecule has 1 heterocycles. The average molecular weight is 304 g/mol. The summed E-state index contributed by atoms with van der Waals surface area (Å²) in [5.74, 6) is 0.260. The van der Waals surface area contributed by atoms with Gasteiger partial charge in [-0.1, -0.05) is 6.42 Å². The summed E-state index contributed by atoms with van der Waals surface area (Å²) in [6.07, 6.45) is 3.39. The van der Waals surface area contributed by atoms with Crippen LogP contribution in [0.15, 0.2) is 18.2 Å². The molecule has 120 valence electrons. The number of piperidine rings is 1. The van der Waals surface area contributed by atoms with Crippen molar-refractivity contribution in [1.29, 1.82) is 0 Å². The van der Waals surface area contributed by atoms with E-state index in [9.17, 15) is 9.90 Å². The van der Waals surface area contributed by atoms with Crippen LogP contribution in [0.4, 0.5) is 0 Å². The van der Waals surface area contributed by atoms with Crippen molar-refractivity contribution in [3.63, 3.8) is 0 Å². The third-order valence-electron chi connectivity index (χ3n) is 5.37. The highest BCUT2D eigenvalue weighted by molar-refractivity contribution is 5.93. The SMILES string of the molecule is COC1(c2cc(O)cc(C(N)=O)c2)C2CCCC1CN(C)C2. The lowest BCUT2D eigenvalue weighted by molar-refractivity contribution is -0.165. The third kappa shape index (κ3) is 2.29. The number of methoxy groups -OCH3 is 1. The third-order valence-corrected chi connectivity index (χ3v) is 5.37. The van der Waals surface area contributed by atoms with Crippen LogP contribution >= 0.6 is 0 Å². The number of phenolic OH excluding ortho intramolecular Hbond substituents is 1. The Balaban J connectivity index is 2.12. The smallest absolute Gasteiger partial charge is 0.248 e. The number of likely N-dealkylation sites (tertiary alicyclic amines) is 1. The zero-order valence-electron chi connectivity index (χ0n) is 13.2. The first-order valence-electron chi connectivity index (χ1n) is 7.85. The number of aromatic hydroxyl groups is 1. The summed E-state index contributed by atoms with van der Waals surface area (Å²) in [5.41, 5.74) is 6.19. The lowest BCUT2D eigenvalue weighted by atomic mass is 9.62. The highest BCUT2D eigenvalue weighted by Crippen LogP contribution is 2.51. The van der Waals surface area contributed by atoms with Crippen LogP contribution in [0.5, 0.6) is 5.75 Å². The van der Waals surface area contributed by atoms with Crippen molar-refractivity contribution in [2.24, 2.45) is 17.6 Å². The maximum atomic E-state index is 11.5. The van der Waals surface area contributed by atoms with Crippen LogP contribution in [0.1, 0.15) is 35.2 Å². The fraction of sp³-hybridized carbons (Fsp3) is 0.588. The standard InChI is InChI=1S/C17H24N2O3/c1-19-9-12-4-3-5-13(10-19)17(12,22-2)14-6-11(16(18)21)7-15(20)8-14/h6-8,12-13,20H,3-5,9-10H2,1-2H3,(H2,18,21). The Hall–Kier alpha value is -1.59. The molecule has 0 radical (unpaired) electrons. The van der Waals surface area contributed by atoms with E-state index in [1.165, 1.54) is 12.5 Å². The predicted molar refractivity (Wildman–Crippen MR) is 83.6 cm³/mol. The monoisotopic (exact) mass is 304 g/mol. The van der Waals surface area contributed by atoms with Crippen LogP contribution in [-0.4, -0.2) is 43.2 Å². The number of nitrogens with zero attached hydrogens (tertiary/aromatic N) is 1. The van der Waals surface area contributed by atoms with Crippen molar-refractivity contribution in [2.45, 2.75) is 24.9 Å². The van der Waals surface area contributed by atoms with Crippen molar-refractivity contribution in [3.8, 4) is 5.75 Å². The Labute approximate surface area is 131 Å². The van der Waals surface area contributed by atoms with E-state index in [-0.39, 0.29) is 5.75 Å². The molecular formula is C17H24N2O3. The Morgan fingerprint density at radius 1 is 1.32 bits per heavy atom. The van der Waals surface area contributed by atoms with E-state index in [0.717, 1.165) is 31.5 Å². The van der Waals surface area contributed by atoms with E-state index in [4.69, 9.17) is 10.5 Å². The Kier molecular flexibility index (Phi) is 3.87. The summed E-state index contributed by atoms with van der Waals surface area (Å²) >= 11 is 0. The van der Waals surface area contributed by atoms with Crippen LogP contribution in [0.3, 0.4) is 0 Å². The molecule has 2 atom stereocenters. The van der Waals surface area contributed by atoms with Crippen molar-refractivity contribution >= 4 is 5.91 Å². The lowest BCUT2D eigenvalue weighted by Crippen LogP contribution is -2.58. The second-order valence-corrected chi connectivity index (χ2v) is 6.68. The minimum Gasteiger partial charge on any atom is -0.508 e. The molecule has 1 saturated carbocycles. The second kappa shape index (κ2) is 5.56. The summed E-state index contributed by atoms with van der Waals surface area (Å²) in [7, 11) is 3.88. The molecule has 5 heteroatoms. The molecule has 5 nitrogen and oxygen atoms in total. The van der Waals surface area contributed by atoms with Crippen molar-refractivity contribution in [2.75, 3.05) is 27.2 Å². The number of amides is 1. The van der Waals surface area contributed by atoms with Crippen molar-refractivity contribution in [3.05, 3.63) is 29.3 Å². The Morgan fingerprint density at radius 2 is 1.95 bits per heavy atom. The number of hydrogen-bond donors (Lipinski definition) is 2. The highest BCUT2D eigenvalue weighted by atomic mass is 16.5. The number of benzene rings is 1. The van der Waals surface area contributed by atoms with Crippen LogP contribution in [0.2, 0.25) is 0 Å². The molecule has 1 aromatic rings. The normalized spacial score (nSPS) is 31.9. The van der Waals surface area contributed by atoms with Gasteiger partial charge in [0.15, 0.2) is 0 Å². The molecule has 0 aromatic heterocycles. The van der Waals surface area contributed by atoms with Crippen molar-refractivity contribution < 1.29 is 14.6 Å². The molecular weight excluding hydrogens is 280 g/mol. The van der Waals surface area contributed by atoms with E-state index in [1.807, 2.05) is 0 Å². The van der Waals surface area contributed by atoms with Gasteiger partial charge in [0, 0.05) is 37.6 Å². The predicted octanol–water partition coefficient (Wildman–Crippen LogP) is 1.69. The van der Waals surface area contributed by atoms with Crippen LogP contribution in [0.25, 0.3) is 0 Å². The van der Waals surface area contributed by atoms with Gasteiger partial charge in [0.2, 0.25) is 5.91 Å². The Morgan fingerprint density at radius 3 is 2.50 bits per heavy atom. The fourth-order valence-corrected chi connectivity index (χ4v) is 4.56. The molecule has 1 aliphatic carbocycles. The molecule has 22 heavy (non-hydrogen) atoms. The minimum absolute atomic E-state index is 0.0692.